The second-order valence-corrected chi connectivity index (χ2v) is 4.98. The van der Waals surface area contributed by atoms with Crippen LogP contribution in [0.4, 0.5) is 0 Å². The minimum atomic E-state index is -0.970. The van der Waals surface area contributed by atoms with Crippen molar-refractivity contribution in [3.05, 3.63) is 35.0 Å². The van der Waals surface area contributed by atoms with Crippen molar-refractivity contribution in [3.63, 3.8) is 0 Å². The van der Waals surface area contributed by atoms with Crippen molar-refractivity contribution in [2.75, 3.05) is 0 Å². The van der Waals surface area contributed by atoms with Crippen molar-refractivity contribution < 1.29 is 9.52 Å². The van der Waals surface area contributed by atoms with Crippen LogP contribution in [-0.2, 0) is 5.60 Å². The molecule has 1 aromatic heterocycles. The van der Waals surface area contributed by atoms with Crippen LogP contribution in [-0.4, -0.2) is 5.11 Å². The Morgan fingerprint density at radius 2 is 2.06 bits per heavy atom. The highest BCUT2D eigenvalue weighted by Crippen LogP contribution is 2.35. The molecule has 0 aliphatic carbocycles. The van der Waals surface area contributed by atoms with E-state index in [0.717, 1.165) is 5.39 Å². The molecular formula is C13H15ClO2. The molecule has 0 aliphatic heterocycles. The topological polar surface area (TPSA) is 33.4 Å². The lowest BCUT2D eigenvalue weighted by molar-refractivity contribution is -0.00980. The van der Waals surface area contributed by atoms with Gasteiger partial charge in [0.05, 0.1) is 5.02 Å². The van der Waals surface area contributed by atoms with E-state index < -0.39 is 5.60 Å². The van der Waals surface area contributed by atoms with E-state index in [1.807, 2.05) is 32.0 Å². The molecule has 1 atom stereocenters. The zero-order valence-electron chi connectivity index (χ0n) is 9.62. The molecule has 0 fully saturated rings. The first-order chi connectivity index (χ1) is 7.43. The summed E-state index contributed by atoms with van der Waals surface area (Å²) in [6, 6.07) is 7.42. The molecule has 3 heteroatoms. The molecule has 0 bridgehead atoms. The van der Waals surface area contributed by atoms with E-state index in [4.69, 9.17) is 16.0 Å². The van der Waals surface area contributed by atoms with Crippen LogP contribution in [0.15, 0.2) is 28.7 Å². The molecule has 2 nitrogen and oxygen atoms in total. The summed E-state index contributed by atoms with van der Waals surface area (Å²) < 4.78 is 5.64. The number of hydrogen-bond acceptors (Lipinski definition) is 2. The van der Waals surface area contributed by atoms with E-state index in [1.54, 1.807) is 13.0 Å². The molecule has 1 N–H and O–H groups in total. The Kier molecular flexibility index (Phi) is 2.72. The lowest BCUT2D eigenvalue weighted by atomic mass is 9.90. The number of fused-ring (bicyclic) bond motifs is 1. The average molecular weight is 239 g/mol. The maximum atomic E-state index is 10.3. The highest BCUT2D eigenvalue weighted by molar-refractivity contribution is 6.34. The fourth-order valence-corrected chi connectivity index (χ4v) is 1.78. The summed E-state index contributed by atoms with van der Waals surface area (Å²) in [6.45, 7) is 5.66. The normalized spacial score (nSPS) is 15.6. The summed E-state index contributed by atoms with van der Waals surface area (Å²) in [6.07, 6.45) is 0. The van der Waals surface area contributed by atoms with Gasteiger partial charge in [0, 0.05) is 5.39 Å². The van der Waals surface area contributed by atoms with E-state index in [0.29, 0.717) is 16.4 Å². The van der Waals surface area contributed by atoms with E-state index >= 15 is 0 Å². The highest BCUT2D eigenvalue weighted by Gasteiger charge is 2.31. The SMILES string of the molecule is CC(C)C(C)(O)c1cc2cccc(Cl)c2o1. The maximum Gasteiger partial charge on any atom is 0.153 e. The Hall–Kier alpha value is -0.990. The number of benzene rings is 1. The van der Waals surface area contributed by atoms with Crippen molar-refractivity contribution >= 4 is 22.6 Å². The van der Waals surface area contributed by atoms with E-state index in [9.17, 15) is 5.11 Å². The van der Waals surface area contributed by atoms with Crippen LogP contribution < -0.4 is 0 Å². The van der Waals surface area contributed by atoms with Crippen molar-refractivity contribution in [3.8, 4) is 0 Å². The minimum Gasteiger partial charge on any atom is -0.456 e. The second kappa shape index (κ2) is 3.79. The molecule has 0 spiro atoms. The van der Waals surface area contributed by atoms with Gasteiger partial charge in [-0.25, -0.2) is 0 Å². The van der Waals surface area contributed by atoms with Gasteiger partial charge in [-0.3, -0.25) is 0 Å². The first kappa shape index (κ1) is 11.5. The van der Waals surface area contributed by atoms with E-state index in [1.165, 1.54) is 0 Å². The number of rotatable bonds is 2. The van der Waals surface area contributed by atoms with Crippen LogP contribution in [0.25, 0.3) is 11.0 Å². The Bertz CT molecular complexity index is 512. The van der Waals surface area contributed by atoms with Crippen LogP contribution >= 0.6 is 11.6 Å². The van der Waals surface area contributed by atoms with Gasteiger partial charge in [-0.05, 0) is 25.0 Å². The molecule has 0 saturated carbocycles. The summed E-state index contributed by atoms with van der Waals surface area (Å²) >= 11 is 6.02. The smallest absolute Gasteiger partial charge is 0.153 e. The maximum absolute atomic E-state index is 10.3. The molecule has 1 heterocycles. The van der Waals surface area contributed by atoms with E-state index in [-0.39, 0.29) is 5.92 Å². The summed E-state index contributed by atoms with van der Waals surface area (Å²) in [4.78, 5) is 0. The van der Waals surface area contributed by atoms with Gasteiger partial charge in [0.2, 0.25) is 0 Å². The van der Waals surface area contributed by atoms with Crippen LogP contribution in [0, 0.1) is 5.92 Å². The number of aliphatic hydroxyl groups is 1. The first-order valence-corrected chi connectivity index (χ1v) is 5.71. The van der Waals surface area contributed by atoms with Gasteiger partial charge in [-0.2, -0.15) is 0 Å². The Morgan fingerprint density at radius 1 is 1.38 bits per heavy atom. The van der Waals surface area contributed by atoms with Gasteiger partial charge >= 0.3 is 0 Å². The zero-order valence-corrected chi connectivity index (χ0v) is 10.4. The number of para-hydroxylation sites is 1. The molecule has 0 saturated heterocycles. The molecule has 86 valence electrons. The summed E-state index contributed by atoms with van der Waals surface area (Å²) in [7, 11) is 0. The predicted octanol–water partition coefficient (Wildman–Crippen LogP) is 3.95. The third-order valence-corrected chi connectivity index (χ3v) is 3.42. The quantitative estimate of drug-likeness (QED) is 0.860. The predicted molar refractivity (Wildman–Crippen MR) is 65.6 cm³/mol. The van der Waals surface area contributed by atoms with Gasteiger partial charge in [-0.15, -0.1) is 0 Å². The summed E-state index contributed by atoms with van der Waals surface area (Å²) in [5, 5.41) is 11.8. The van der Waals surface area contributed by atoms with Gasteiger partial charge in [0.15, 0.2) is 5.58 Å². The second-order valence-electron chi connectivity index (χ2n) is 4.57. The highest BCUT2D eigenvalue weighted by atomic mass is 35.5. The Balaban J connectivity index is 2.60. The van der Waals surface area contributed by atoms with Crippen molar-refractivity contribution in [1.82, 2.24) is 0 Å². The van der Waals surface area contributed by atoms with Gasteiger partial charge in [-0.1, -0.05) is 37.6 Å². The minimum absolute atomic E-state index is 0.0758. The molecule has 0 amide bonds. The summed E-state index contributed by atoms with van der Waals surface area (Å²) in [5.41, 5.74) is -0.331. The monoisotopic (exact) mass is 238 g/mol. The molecule has 2 aromatic rings. The molecule has 1 aromatic carbocycles. The Labute approximate surface area is 99.8 Å². The van der Waals surface area contributed by atoms with Crippen LogP contribution in [0.5, 0.6) is 0 Å². The standard InChI is InChI=1S/C13H15ClO2/c1-8(2)13(3,15)11-7-9-5-4-6-10(14)12(9)16-11/h4-8,15H,1-3H3. The van der Waals surface area contributed by atoms with E-state index in [2.05, 4.69) is 0 Å². The molecule has 2 rings (SSSR count). The first-order valence-electron chi connectivity index (χ1n) is 5.34. The van der Waals surface area contributed by atoms with Gasteiger partial charge in [0.1, 0.15) is 11.4 Å². The van der Waals surface area contributed by atoms with Crippen molar-refractivity contribution in [1.29, 1.82) is 0 Å². The fourth-order valence-electron chi connectivity index (χ4n) is 1.56. The molecule has 16 heavy (non-hydrogen) atoms. The molecule has 0 radical (unpaired) electrons. The lowest BCUT2D eigenvalue weighted by Crippen LogP contribution is -2.27. The zero-order chi connectivity index (χ0) is 11.9. The number of hydrogen-bond donors (Lipinski definition) is 1. The number of furan rings is 1. The average Bonchev–Trinajstić information content (AvgIpc) is 2.63. The van der Waals surface area contributed by atoms with Crippen LogP contribution in [0.2, 0.25) is 5.02 Å². The van der Waals surface area contributed by atoms with Crippen LogP contribution in [0.1, 0.15) is 26.5 Å². The van der Waals surface area contributed by atoms with Gasteiger partial charge in [0.25, 0.3) is 0 Å². The third-order valence-electron chi connectivity index (χ3n) is 3.12. The molecular weight excluding hydrogens is 224 g/mol. The number of halogens is 1. The lowest BCUT2D eigenvalue weighted by Gasteiger charge is -2.24. The summed E-state index contributed by atoms with van der Waals surface area (Å²) in [5.74, 6) is 0.637. The molecule has 0 aliphatic rings. The largest absolute Gasteiger partial charge is 0.456 e. The third kappa shape index (κ3) is 1.72. The fraction of sp³-hybridized carbons (Fsp3) is 0.385. The van der Waals surface area contributed by atoms with Gasteiger partial charge < -0.3 is 9.52 Å². The Morgan fingerprint density at radius 3 is 2.62 bits per heavy atom. The van der Waals surface area contributed by atoms with Crippen LogP contribution in [0.3, 0.4) is 0 Å². The molecule has 1 unspecified atom stereocenters. The van der Waals surface area contributed by atoms with Crippen molar-refractivity contribution in [2.24, 2.45) is 5.92 Å². The van der Waals surface area contributed by atoms with Crippen molar-refractivity contribution in [2.45, 2.75) is 26.4 Å².